The average Bonchev–Trinajstić information content (AvgIpc) is 3.08. The predicted molar refractivity (Wildman–Crippen MR) is 70.9 cm³/mol. The van der Waals surface area contributed by atoms with E-state index in [4.69, 9.17) is 0 Å². The number of halogens is 1. The normalized spacial score (nSPS) is 14.9. The minimum atomic E-state index is 0.697. The summed E-state index contributed by atoms with van der Waals surface area (Å²) < 4.78 is 2.82. The van der Waals surface area contributed by atoms with Gasteiger partial charge < -0.3 is 5.32 Å². The second kappa shape index (κ2) is 5.16. The van der Waals surface area contributed by atoms with Gasteiger partial charge in [-0.3, -0.25) is 4.98 Å². The zero-order chi connectivity index (χ0) is 12.4. The summed E-state index contributed by atoms with van der Waals surface area (Å²) in [4.78, 5) is 4.13. The quantitative estimate of drug-likeness (QED) is 0.914. The Hall–Kier alpha value is -1.27. The van der Waals surface area contributed by atoms with E-state index in [9.17, 15) is 0 Å². The van der Waals surface area contributed by atoms with Gasteiger partial charge in [0.05, 0.1) is 18.4 Å². The molecule has 5 nitrogen and oxygen atoms in total. The van der Waals surface area contributed by atoms with E-state index in [0.29, 0.717) is 12.6 Å². The van der Waals surface area contributed by atoms with Crippen LogP contribution >= 0.6 is 15.9 Å². The molecule has 2 aromatic rings. The third kappa shape index (κ3) is 3.14. The lowest BCUT2D eigenvalue weighted by Gasteiger charge is -2.00. The Balaban J connectivity index is 1.61. The monoisotopic (exact) mass is 307 g/mol. The van der Waals surface area contributed by atoms with E-state index in [2.05, 4.69) is 36.5 Å². The Morgan fingerprint density at radius 1 is 1.39 bits per heavy atom. The first-order chi connectivity index (χ1) is 8.79. The number of rotatable bonds is 5. The maximum absolute atomic E-state index is 4.15. The maximum atomic E-state index is 4.15. The van der Waals surface area contributed by atoms with Crippen LogP contribution in [0.1, 0.15) is 24.1 Å². The van der Waals surface area contributed by atoms with Gasteiger partial charge >= 0.3 is 0 Å². The molecule has 1 aliphatic rings. The molecule has 1 aliphatic carbocycles. The Morgan fingerprint density at radius 2 is 2.28 bits per heavy atom. The number of nitrogens with zero attached hydrogens (tertiary/aromatic N) is 4. The predicted octanol–water partition coefficient (Wildman–Crippen LogP) is 1.74. The van der Waals surface area contributed by atoms with Crippen LogP contribution in [0.25, 0.3) is 0 Å². The van der Waals surface area contributed by atoms with Gasteiger partial charge in [-0.05, 0) is 40.4 Å². The molecule has 0 saturated heterocycles. The Labute approximate surface area is 114 Å². The molecule has 0 aliphatic heterocycles. The molecular formula is C12H14BrN5. The van der Waals surface area contributed by atoms with E-state index >= 15 is 0 Å². The molecule has 0 bridgehead atoms. The van der Waals surface area contributed by atoms with Gasteiger partial charge in [-0.25, -0.2) is 4.68 Å². The van der Waals surface area contributed by atoms with Crippen molar-refractivity contribution in [3.05, 3.63) is 40.4 Å². The fourth-order valence-corrected chi connectivity index (χ4v) is 2.17. The van der Waals surface area contributed by atoms with Crippen molar-refractivity contribution >= 4 is 15.9 Å². The van der Waals surface area contributed by atoms with Crippen molar-refractivity contribution in [1.82, 2.24) is 25.3 Å². The summed E-state index contributed by atoms with van der Waals surface area (Å²) in [5.74, 6) is 0. The number of pyridine rings is 1. The molecule has 1 fully saturated rings. The zero-order valence-electron chi connectivity index (χ0n) is 9.88. The van der Waals surface area contributed by atoms with Gasteiger partial charge in [0.15, 0.2) is 0 Å². The van der Waals surface area contributed by atoms with Gasteiger partial charge in [0.25, 0.3) is 0 Å². The summed E-state index contributed by atoms with van der Waals surface area (Å²) in [6.45, 7) is 1.50. The van der Waals surface area contributed by atoms with E-state index in [0.717, 1.165) is 22.3 Å². The van der Waals surface area contributed by atoms with Crippen molar-refractivity contribution in [1.29, 1.82) is 0 Å². The number of hydrogen-bond donors (Lipinski definition) is 1. The zero-order valence-corrected chi connectivity index (χ0v) is 11.5. The van der Waals surface area contributed by atoms with E-state index < -0.39 is 0 Å². The van der Waals surface area contributed by atoms with Gasteiger partial charge in [0.2, 0.25) is 0 Å². The van der Waals surface area contributed by atoms with Crippen LogP contribution in [0.4, 0.5) is 0 Å². The van der Waals surface area contributed by atoms with E-state index in [-0.39, 0.29) is 0 Å². The first-order valence-electron chi connectivity index (χ1n) is 6.01. The fraction of sp³-hybridized carbons (Fsp3) is 0.417. The fourth-order valence-electron chi connectivity index (χ4n) is 1.76. The molecule has 6 heteroatoms. The van der Waals surface area contributed by atoms with Gasteiger partial charge in [-0.2, -0.15) is 0 Å². The molecule has 0 atom stereocenters. The Kier molecular flexibility index (Phi) is 3.38. The average molecular weight is 308 g/mol. The van der Waals surface area contributed by atoms with E-state index in [1.807, 2.05) is 23.1 Å². The lowest BCUT2D eigenvalue weighted by atomic mass is 10.3. The lowest BCUT2D eigenvalue weighted by Crippen LogP contribution is -2.15. The highest BCUT2D eigenvalue weighted by atomic mass is 79.9. The molecule has 2 aromatic heterocycles. The first kappa shape index (κ1) is 11.8. The van der Waals surface area contributed by atoms with Gasteiger partial charge in [0.1, 0.15) is 0 Å². The highest BCUT2D eigenvalue weighted by molar-refractivity contribution is 9.10. The Morgan fingerprint density at radius 3 is 3.06 bits per heavy atom. The highest BCUT2D eigenvalue weighted by Gasteiger charge is 2.20. The summed E-state index contributed by atoms with van der Waals surface area (Å²) in [5, 5.41) is 11.7. The van der Waals surface area contributed by atoms with Crippen LogP contribution in [0, 0.1) is 0 Å². The summed E-state index contributed by atoms with van der Waals surface area (Å²) in [6, 6.07) is 2.74. The lowest BCUT2D eigenvalue weighted by molar-refractivity contribution is 0.644. The molecule has 18 heavy (non-hydrogen) atoms. The van der Waals surface area contributed by atoms with Crippen molar-refractivity contribution in [3.8, 4) is 0 Å². The van der Waals surface area contributed by atoms with Crippen LogP contribution in [0.3, 0.4) is 0 Å². The molecule has 1 saturated carbocycles. The summed E-state index contributed by atoms with van der Waals surface area (Å²) >= 11 is 3.41. The van der Waals surface area contributed by atoms with Crippen LogP contribution in [0.2, 0.25) is 0 Å². The largest absolute Gasteiger partial charge is 0.308 e. The van der Waals surface area contributed by atoms with Gasteiger partial charge in [-0.1, -0.05) is 5.21 Å². The maximum Gasteiger partial charge on any atom is 0.0965 e. The minimum absolute atomic E-state index is 0.697. The van der Waals surface area contributed by atoms with Crippen LogP contribution < -0.4 is 5.32 Å². The molecule has 0 amide bonds. The highest BCUT2D eigenvalue weighted by Crippen LogP contribution is 2.19. The van der Waals surface area contributed by atoms with Crippen molar-refractivity contribution < 1.29 is 0 Å². The number of hydrogen-bond acceptors (Lipinski definition) is 4. The molecule has 2 heterocycles. The number of aromatic nitrogens is 4. The first-order valence-corrected chi connectivity index (χ1v) is 6.81. The SMILES string of the molecule is Brc1cncc(Cn2cc(CNC3CC3)nn2)c1. The molecule has 3 rings (SSSR count). The standard InChI is InChI=1S/C12H14BrN5/c13-10-3-9(4-14-5-10)7-18-8-12(16-17-18)6-15-11-1-2-11/h3-5,8,11,15H,1-2,6-7H2. The number of nitrogens with one attached hydrogen (secondary N) is 1. The van der Waals surface area contributed by atoms with Crippen molar-refractivity contribution in [2.24, 2.45) is 0 Å². The van der Waals surface area contributed by atoms with E-state index in [1.165, 1.54) is 12.8 Å². The van der Waals surface area contributed by atoms with E-state index in [1.54, 1.807) is 6.20 Å². The summed E-state index contributed by atoms with van der Waals surface area (Å²) in [5.41, 5.74) is 2.10. The van der Waals surface area contributed by atoms with Crippen LogP contribution in [0.5, 0.6) is 0 Å². The third-order valence-corrected chi connectivity index (χ3v) is 3.28. The van der Waals surface area contributed by atoms with Crippen LogP contribution in [-0.2, 0) is 13.1 Å². The van der Waals surface area contributed by atoms with Crippen LogP contribution in [-0.4, -0.2) is 26.0 Å². The molecular weight excluding hydrogens is 294 g/mol. The van der Waals surface area contributed by atoms with Crippen molar-refractivity contribution in [3.63, 3.8) is 0 Å². The third-order valence-electron chi connectivity index (χ3n) is 2.84. The molecule has 1 N–H and O–H groups in total. The van der Waals surface area contributed by atoms with Crippen LogP contribution in [0.15, 0.2) is 29.1 Å². The Bertz CT molecular complexity index is 535. The minimum Gasteiger partial charge on any atom is -0.308 e. The molecule has 0 spiro atoms. The molecule has 94 valence electrons. The van der Waals surface area contributed by atoms with Crippen molar-refractivity contribution in [2.45, 2.75) is 32.0 Å². The molecule has 0 radical (unpaired) electrons. The van der Waals surface area contributed by atoms with Gasteiger partial charge in [-0.15, -0.1) is 5.10 Å². The molecule has 0 unspecified atom stereocenters. The smallest absolute Gasteiger partial charge is 0.0965 e. The second-order valence-electron chi connectivity index (χ2n) is 4.57. The summed E-state index contributed by atoms with van der Waals surface area (Å²) in [7, 11) is 0. The second-order valence-corrected chi connectivity index (χ2v) is 5.49. The summed E-state index contributed by atoms with van der Waals surface area (Å²) in [6.07, 6.45) is 8.18. The van der Waals surface area contributed by atoms with Gasteiger partial charge in [0, 0.05) is 29.5 Å². The van der Waals surface area contributed by atoms with Crippen molar-refractivity contribution in [2.75, 3.05) is 0 Å². The molecule has 0 aromatic carbocycles. The topological polar surface area (TPSA) is 55.6 Å².